The van der Waals surface area contributed by atoms with Crippen molar-refractivity contribution in [2.45, 2.75) is 149 Å². The number of carbonyl (C=O) groups is 5. The fourth-order valence-electron chi connectivity index (χ4n) is 9.78. The lowest BCUT2D eigenvalue weighted by Gasteiger charge is -2.39. The molecule has 4 aliphatic rings. The van der Waals surface area contributed by atoms with Crippen molar-refractivity contribution in [1.29, 1.82) is 0 Å². The minimum atomic E-state index is -1.75. The molecule has 0 aliphatic carbocycles. The van der Waals surface area contributed by atoms with Crippen LogP contribution >= 0.6 is 0 Å². The Morgan fingerprint density at radius 1 is 0.299 bits per heavy atom. The van der Waals surface area contributed by atoms with E-state index >= 15 is 0 Å². The lowest BCUT2D eigenvalue weighted by Crippen LogP contribution is -2.59. The van der Waals surface area contributed by atoms with Crippen LogP contribution in [0.2, 0.25) is 0 Å². The van der Waals surface area contributed by atoms with Crippen molar-refractivity contribution in [3.05, 3.63) is 0 Å². The van der Waals surface area contributed by atoms with E-state index in [9.17, 15) is 121 Å². The lowest BCUT2D eigenvalue weighted by molar-refractivity contribution is -0.301. The van der Waals surface area contributed by atoms with Crippen LogP contribution in [0.3, 0.4) is 0 Å². The SMILES string of the molecule is O=C(O)CN(CCN(CC(=O)O)CC(=O)N(CCCOC1O[C@H](CO)[C@@H](O)[C@H](O)C1O)CCCOC1O[C@H](CO)[C@@H](O)[C@H](O)C1O)CCN(CC(=O)O)CC(=O)N(CCCOC1O[C@H](CO)[C@@H](O)[C@H](O)C1O)CCCOC1O[C@H](CO)[C@@H](O)[C@H](O)C1O. The van der Waals surface area contributed by atoms with Gasteiger partial charge < -0.3 is 145 Å². The molecule has 4 fully saturated rings. The van der Waals surface area contributed by atoms with Crippen molar-refractivity contribution in [3.8, 4) is 0 Å². The number of rotatable bonds is 40. The number of aliphatic hydroxyl groups is 16. The summed E-state index contributed by atoms with van der Waals surface area (Å²) in [7, 11) is 0. The van der Waals surface area contributed by atoms with Gasteiger partial charge in [0.25, 0.3) is 0 Å². The van der Waals surface area contributed by atoms with Crippen LogP contribution in [0.4, 0.5) is 0 Å². The van der Waals surface area contributed by atoms with Crippen LogP contribution in [0.25, 0.3) is 0 Å². The van der Waals surface area contributed by atoms with Gasteiger partial charge >= 0.3 is 17.9 Å². The smallest absolute Gasteiger partial charge is 0.317 e. The van der Waals surface area contributed by atoms with Gasteiger partial charge in [0.05, 0.1) is 85.6 Å². The number of aliphatic carboxylic acids is 3. The molecule has 37 nitrogen and oxygen atoms in total. The Balaban J connectivity index is 1.44. The molecule has 4 aliphatic heterocycles. The highest BCUT2D eigenvalue weighted by atomic mass is 16.7. The Morgan fingerprint density at radius 2 is 0.517 bits per heavy atom. The molecule has 19 N–H and O–H groups in total. The van der Waals surface area contributed by atoms with Crippen LogP contribution < -0.4 is 0 Å². The maximum atomic E-state index is 14.1. The summed E-state index contributed by atoms with van der Waals surface area (Å²) in [6.45, 7) is -8.79. The van der Waals surface area contributed by atoms with Gasteiger partial charge in [0.15, 0.2) is 25.2 Å². The van der Waals surface area contributed by atoms with Crippen molar-refractivity contribution in [1.82, 2.24) is 24.5 Å². The number of aliphatic hydroxyl groups excluding tert-OH is 16. The Labute approximate surface area is 498 Å². The second-order valence-electron chi connectivity index (χ2n) is 21.3. The summed E-state index contributed by atoms with van der Waals surface area (Å²) in [5, 5.41) is 191. The minimum Gasteiger partial charge on any atom is -0.480 e. The van der Waals surface area contributed by atoms with E-state index in [1.165, 1.54) is 24.5 Å². The molecule has 87 heavy (non-hydrogen) atoms. The Hall–Kier alpha value is -3.73. The van der Waals surface area contributed by atoms with Gasteiger partial charge in [0.1, 0.15) is 97.7 Å². The molecule has 0 aromatic rings. The monoisotopic (exact) mass is 1270 g/mol. The van der Waals surface area contributed by atoms with Crippen LogP contribution in [0.15, 0.2) is 0 Å². The van der Waals surface area contributed by atoms with E-state index in [1.807, 2.05) is 0 Å². The average Bonchev–Trinajstić information content (AvgIpc) is 3.12. The van der Waals surface area contributed by atoms with Gasteiger partial charge in [-0.05, 0) is 25.7 Å². The first-order valence-corrected chi connectivity index (χ1v) is 28.3. The fraction of sp³-hybridized carbons (Fsp3) is 0.900. The highest BCUT2D eigenvalue weighted by Crippen LogP contribution is 2.26. The second kappa shape index (κ2) is 38.2. The maximum absolute atomic E-state index is 14.1. The van der Waals surface area contributed by atoms with Crippen molar-refractivity contribution >= 4 is 29.7 Å². The summed E-state index contributed by atoms with van der Waals surface area (Å²) < 4.78 is 43.7. The normalized spacial score (nSPS) is 33.0. The predicted octanol–water partition coefficient (Wildman–Crippen LogP) is -12.4. The zero-order chi connectivity index (χ0) is 64.7. The molecule has 0 saturated carbocycles. The van der Waals surface area contributed by atoms with E-state index in [2.05, 4.69) is 0 Å². The summed E-state index contributed by atoms with van der Waals surface area (Å²) in [5.74, 6) is -5.51. The number of hydrogen-bond acceptors (Lipinski definition) is 32. The molecule has 37 heteroatoms. The molecule has 0 aromatic heterocycles. The van der Waals surface area contributed by atoms with Gasteiger partial charge in [-0.1, -0.05) is 0 Å². The Bertz CT molecular complexity index is 1820. The number of nitrogens with zero attached hydrogens (tertiary/aromatic N) is 5. The van der Waals surface area contributed by atoms with Crippen molar-refractivity contribution in [2.75, 3.05) is 138 Å². The molecule has 0 spiro atoms. The van der Waals surface area contributed by atoms with Crippen LogP contribution in [0.1, 0.15) is 25.7 Å². The van der Waals surface area contributed by atoms with Crippen LogP contribution in [0.5, 0.6) is 0 Å². The maximum Gasteiger partial charge on any atom is 0.317 e. The molecule has 4 heterocycles. The number of hydrogen-bond donors (Lipinski definition) is 19. The summed E-state index contributed by atoms with van der Waals surface area (Å²) in [6.07, 6.45) is -31.7. The van der Waals surface area contributed by atoms with Gasteiger partial charge in [0.2, 0.25) is 11.8 Å². The predicted molar refractivity (Wildman–Crippen MR) is 283 cm³/mol. The Kier molecular flexibility index (Phi) is 33.2. The van der Waals surface area contributed by atoms with Gasteiger partial charge in [-0.3, -0.25) is 38.7 Å². The molecular formula is C50H89N5O32. The first-order chi connectivity index (χ1) is 41.3. The lowest BCUT2D eigenvalue weighted by atomic mass is 9.99. The third-order valence-corrected chi connectivity index (χ3v) is 14.8. The quantitative estimate of drug-likeness (QED) is 0.0253. The highest BCUT2D eigenvalue weighted by molar-refractivity contribution is 5.80. The summed E-state index contributed by atoms with van der Waals surface area (Å²) in [6, 6.07) is 0. The van der Waals surface area contributed by atoms with Crippen LogP contribution in [0, 0.1) is 0 Å². The van der Waals surface area contributed by atoms with Gasteiger partial charge in [-0.2, -0.15) is 0 Å². The standard InChI is InChI=1S/C50H89N5O32/c56-22-26-35(68)39(72)43(76)47(84-26)80-13-1-5-54(6-2-14-81-48-44(77)40(73)36(69)27(23-57)85-48)30(60)17-52(20-33(64)65)11-9-51(19-32(62)63)10-12-53(21-34(66)67)18-31(61)55(7-3-15-82-49-45(78)41(74)37(70)28(24-58)86-49)8-4-16-83-50-46(79)42(75)38(71)29(25-59)87-50/h26-29,35-50,56-59,68-79H,1-25H2,(H,62,63)(H,64,65)(H,66,67)/t26-,27-,28-,29-,35-,36-,37-,38-,39+,40+,41+,42+,43?,44?,45?,46?,47?,48?,49?,50?/m1/s1. The van der Waals surface area contributed by atoms with E-state index in [-0.39, 0.29) is 104 Å². The molecular weight excluding hydrogens is 1180 g/mol. The number of carbonyl (C=O) groups excluding carboxylic acids is 2. The number of ether oxygens (including phenoxy) is 8. The van der Waals surface area contributed by atoms with Crippen LogP contribution in [-0.2, 0) is 61.9 Å². The van der Waals surface area contributed by atoms with E-state index in [0.29, 0.717) is 0 Å². The first-order valence-electron chi connectivity index (χ1n) is 28.3. The molecule has 0 bridgehead atoms. The van der Waals surface area contributed by atoms with Crippen molar-refractivity contribution in [3.63, 3.8) is 0 Å². The molecule has 8 unspecified atom stereocenters. The third-order valence-electron chi connectivity index (χ3n) is 14.8. The summed E-state index contributed by atoms with van der Waals surface area (Å²) in [4.78, 5) is 70.9. The van der Waals surface area contributed by atoms with Crippen molar-refractivity contribution < 1.29 is 159 Å². The van der Waals surface area contributed by atoms with Crippen molar-refractivity contribution in [2.24, 2.45) is 0 Å². The zero-order valence-electron chi connectivity index (χ0n) is 47.8. The largest absolute Gasteiger partial charge is 0.480 e. The minimum absolute atomic E-state index is 0.00662. The molecule has 4 rings (SSSR count). The van der Waals surface area contributed by atoms with Gasteiger partial charge in [-0.25, -0.2) is 0 Å². The Morgan fingerprint density at radius 3 is 0.736 bits per heavy atom. The summed E-state index contributed by atoms with van der Waals surface area (Å²) in [5.41, 5.74) is 0. The zero-order valence-corrected chi connectivity index (χ0v) is 47.8. The summed E-state index contributed by atoms with van der Waals surface area (Å²) >= 11 is 0. The van der Waals surface area contributed by atoms with E-state index in [4.69, 9.17) is 37.9 Å². The second-order valence-corrected chi connectivity index (χ2v) is 21.3. The molecule has 4 saturated heterocycles. The molecule has 0 radical (unpaired) electrons. The van der Waals surface area contributed by atoms with Crippen LogP contribution in [-0.4, -0.2) is 412 Å². The number of carboxylic acids is 3. The highest BCUT2D eigenvalue weighted by Gasteiger charge is 2.47. The molecule has 20 atom stereocenters. The first kappa shape index (κ1) is 75.7. The number of carboxylic acid groups (broad SMARTS) is 3. The fourth-order valence-corrected chi connectivity index (χ4v) is 9.78. The van der Waals surface area contributed by atoms with E-state index in [0.717, 1.165) is 0 Å². The third kappa shape index (κ3) is 23.5. The van der Waals surface area contributed by atoms with E-state index < -0.39 is 212 Å². The molecule has 2 amide bonds. The average molecular weight is 1270 g/mol. The topological polar surface area (TPSA) is 560 Å². The van der Waals surface area contributed by atoms with E-state index in [1.54, 1.807) is 0 Å². The van der Waals surface area contributed by atoms with Gasteiger partial charge in [0, 0.05) is 52.4 Å². The number of amides is 2. The molecule has 0 aromatic carbocycles. The van der Waals surface area contributed by atoms with Gasteiger partial charge in [-0.15, -0.1) is 0 Å². The molecule has 506 valence electrons.